The van der Waals surface area contributed by atoms with E-state index in [2.05, 4.69) is 0 Å². The second-order valence-electron chi connectivity index (χ2n) is 8.88. The highest BCUT2D eigenvalue weighted by Gasteiger charge is 2.40. The third kappa shape index (κ3) is 3.37. The Morgan fingerprint density at radius 2 is 1.11 bits per heavy atom. The van der Waals surface area contributed by atoms with Crippen LogP contribution >= 0.6 is 0 Å². The van der Waals surface area contributed by atoms with Crippen LogP contribution < -0.4 is 4.90 Å². The number of fused-ring (bicyclic) bond motifs is 2. The third-order valence-electron chi connectivity index (χ3n) is 6.85. The van der Waals surface area contributed by atoms with Crippen molar-refractivity contribution >= 4 is 40.1 Å². The number of carbonyl (C=O) groups excluding carboxylic acids is 4. The Bertz CT molecular complexity index is 1440. The van der Waals surface area contributed by atoms with E-state index in [4.69, 9.17) is 0 Å². The zero-order chi connectivity index (χ0) is 25.0. The molecular weight excluding hydrogens is 476 g/mol. The predicted molar refractivity (Wildman–Crippen MR) is 133 cm³/mol. The molecule has 0 N–H and O–H groups in total. The summed E-state index contributed by atoms with van der Waals surface area (Å²) in [5.41, 5.74) is 2.00. The van der Waals surface area contributed by atoms with Crippen LogP contribution in [0.1, 0.15) is 54.3 Å². The van der Waals surface area contributed by atoms with Gasteiger partial charge in [-0.15, -0.1) is 0 Å². The number of hydrogen-bond acceptors (Lipinski definition) is 5. The van der Waals surface area contributed by atoms with Gasteiger partial charge >= 0.3 is 0 Å². The first-order chi connectivity index (χ1) is 17.5. The molecule has 3 aromatic rings. The van der Waals surface area contributed by atoms with Gasteiger partial charge in [0.1, 0.15) is 0 Å². The van der Waals surface area contributed by atoms with E-state index in [-0.39, 0.29) is 34.9 Å². The zero-order valence-electron chi connectivity index (χ0n) is 19.0. The molecule has 36 heavy (non-hydrogen) atoms. The van der Waals surface area contributed by atoms with Crippen molar-refractivity contribution in [3.63, 3.8) is 0 Å². The number of hydrogen-bond donors (Lipinski definition) is 0. The summed E-state index contributed by atoms with van der Waals surface area (Å²) in [6, 6.07) is 19.7. The van der Waals surface area contributed by atoms with E-state index in [1.54, 1.807) is 78.9 Å². The Balaban J connectivity index is 1.16. The summed E-state index contributed by atoms with van der Waals surface area (Å²) in [6.45, 7) is 0. The molecule has 0 saturated carbocycles. The molecule has 8 heteroatoms. The molecule has 7 nitrogen and oxygen atoms in total. The van der Waals surface area contributed by atoms with Gasteiger partial charge in [-0.2, -0.15) is 0 Å². The number of nitrogens with zero attached hydrogens (tertiary/aromatic N) is 2. The van der Waals surface area contributed by atoms with Gasteiger partial charge < -0.3 is 0 Å². The molecule has 2 heterocycles. The lowest BCUT2D eigenvalue weighted by Gasteiger charge is -2.28. The van der Waals surface area contributed by atoms with Gasteiger partial charge in [0, 0.05) is 4.90 Å². The molecule has 3 aromatic carbocycles. The van der Waals surface area contributed by atoms with E-state index >= 15 is 0 Å². The number of benzene rings is 3. The standard InChI is InChI=1S/C28H20N2O5S/c31-25-21-5-1-2-6-22(21)26(32)29(25)17-9-13-19(14-10-17)36(35)20-15-11-18(12-16-20)30-27(33)23-7-3-4-8-24(23)28(30)34/h1-11,13-15,18,20H,12,16H2. The smallest absolute Gasteiger partial charge is 0.266 e. The van der Waals surface area contributed by atoms with Crippen LogP contribution in [0.25, 0.3) is 0 Å². The zero-order valence-corrected chi connectivity index (χ0v) is 19.8. The molecule has 0 saturated heterocycles. The van der Waals surface area contributed by atoms with Gasteiger partial charge in [-0.1, -0.05) is 36.4 Å². The highest BCUT2D eigenvalue weighted by Crippen LogP contribution is 2.32. The average Bonchev–Trinajstić information content (AvgIpc) is 3.33. The molecule has 3 unspecified atom stereocenters. The van der Waals surface area contributed by atoms with E-state index in [9.17, 15) is 23.4 Å². The molecule has 0 bridgehead atoms. The van der Waals surface area contributed by atoms with Crippen LogP contribution in [-0.4, -0.2) is 44.0 Å². The monoisotopic (exact) mass is 496 g/mol. The van der Waals surface area contributed by atoms with Crippen LogP contribution in [-0.2, 0) is 10.8 Å². The van der Waals surface area contributed by atoms with Crippen LogP contribution in [0.2, 0.25) is 0 Å². The number of rotatable bonds is 4. The minimum absolute atomic E-state index is 0.276. The van der Waals surface area contributed by atoms with Crippen molar-refractivity contribution in [1.29, 1.82) is 0 Å². The maximum absolute atomic E-state index is 13.2. The second-order valence-corrected chi connectivity index (χ2v) is 10.5. The molecule has 3 aliphatic rings. The summed E-state index contributed by atoms with van der Waals surface area (Å²) < 4.78 is 13.2. The first-order valence-electron chi connectivity index (χ1n) is 11.6. The second kappa shape index (κ2) is 8.49. The molecule has 0 fully saturated rings. The molecule has 0 radical (unpaired) electrons. The first-order valence-corrected chi connectivity index (χ1v) is 12.8. The van der Waals surface area contributed by atoms with Gasteiger partial charge in [-0.25, -0.2) is 4.90 Å². The van der Waals surface area contributed by atoms with Crippen LogP contribution in [0.15, 0.2) is 89.8 Å². The summed E-state index contributed by atoms with van der Waals surface area (Å²) in [6.07, 6.45) is 4.67. The van der Waals surface area contributed by atoms with Gasteiger partial charge in [0.05, 0.1) is 50.0 Å². The van der Waals surface area contributed by atoms with Crippen LogP contribution in [0, 0.1) is 0 Å². The number of amides is 4. The molecule has 0 spiro atoms. The summed E-state index contributed by atoms with van der Waals surface area (Å²) in [5, 5.41) is -0.276. The van der Waals surface area contributed by atoms with Gasteiger partial charge in [0.25, 0.3) is 23.6 Å². The van der Waals surface area contributed by atoms with Crippen molar-refractivity contribution in [3.8, 4) is 0 Å². The molecule has 2 aliphatic heterocycles. The van der Waals surface area contributed by atoms with E-state index < -0.39 is 10.8 Å². The largest absolute Gasteiger partial charge is 0.269 e. The molecule has 4 amide bonds. The molecule has 0 aromatic heterocycles. The maximum atomic E-state index is 13.2. The normalized spacial score (nSPS) is 21.7. The lowest BCUT2D eigenvalue weighted by molar-refractivity contribution is 0.0605. The first kappa shape index (κ1) is 22.3. The van der Waals surface area contributed by atoms with E-state index in [1.807, 2.05) is 6.08 Å². The van der Waals surface area contributed by atoms with Crippen LogP contribution in [0.4, 0.5) is 5.69 Å². The summed E-state index contributed by atoms with van der Waals surface area (Å²) >= 11 is 0. The lowest BCUT2D eigenvalue weighted by Crippen LogP contribution is -2.40. The Morgan fingerprint density at radius 3 is 1.58 bits per heavy atom. The van der Waals surface area contributed by atoms with Gasteiger partial charge in [-0.3, -0.25) is 28.3 Å². The predicted octanol–water partition coefficient (Wildman–Crippen LogP) is 3.98. The fraction of sp³-hybridized carbons (Fsp3) is 0.143. The Hall–Kier alpha value is -4.17. The quantitative estimate of drug-likeness (QED) is 0.403. The summed E-state index contributed by atoms with van der Waals surface area (Å²) in [5.74, 6) is -1.35. The van der Waals surface area contributed by atoms with Crippen molar-refractivity contribution in [2.75, 3.05) is 4.90 Å². The molecule has 178 valence electrons. The number of imide groups is 2. The van der Waals surface area contributed by atoms with Crippen LogP contribution in [0.3, 0.4) is 0 Å². The SMILES string of the molecule is O=C1c2ccccc2C(=O)N1c1ccc(S(=O)C2C=CC(N3C(=O)c4ccccc4C3=O)CC2)cc1. The van der Waals surface area contributed by atoms with E-state index in [0.717, 1.165) is 4.90 Å². The van der Waals surface area contributed by atoms with E-state index in [0.29, 0.717) is 45.7 Å². The highest BCUT2D eigenvalue weighted by atomic mass is 32.2. The Morgan fingerprint density at radius 1 is 0.611 bits per heavy atom. The Labute approximate surface area is 209 Å². The summed E-state index contributed by atoms with van der Waals surface area (Å²) in [4.78, 5) is 53.9. The molecule has 6 rings (SSSR count). The molecule has 1 aliphatic carbocycles. The minimum atomic E-state index is -1.37. The van der Waals surface area contributed by atoms with Crippen LogP contribution in [0.5, 0.6) is 0 Å². The average molecular weight is 497 g/mol. The highest BCUT2D eigenvalue weighted by molar-refractivity contribution is 7.85. The van der Waals surface area contributed by atoms with Crippen molar-refractivity contribution in [3.05, 3.63) is 107 Å². The Kier molecular flexibility index (Phi) is 5.26. The fourth-order valence-corrected chi connectivity index (χ4v) is 6.35. The van der Waals surface area contributed by atoms with E-state index in [1.165, 1.54) is 4.90 Å². The topological polar surface area (TPSA) is 91.8 Å². The minimum Gasteiger partial charge on any atom is -0.269 e. The van der Waals surface area contributed by atoms with Crippen molar-refractivity contribution in [2.24, 2.45) is 0 Å². The third-order valence-corrected chi connectivity index (χ3v) is 8.53. The molecule has 3 atom stereocenters. The lowest BCUT2D eigenvalue weighted by atomic mass is 10.0. The van der Waals surface area contributed by atoms with Crippen molar-refractivity contribution in [2.45, 2.75) is 29.0 Å². The number of anilines is 1. The van der Waals surface area contributed by atoms with Crippen molar-refractivity contribution in [1.82, 2.24) is 4.90 Å². The fourth-order valence-electron chi connectivity index (χ4n) is 5.01. The van der Waals surface area contributed by atoms with Crippen molar-refractivity contribution < 1.29 is 23.4 Å². The summed E-state index contributed by atoms with van der Waals surface area (Å²) in [7, 11) is -1.37. The number of carbonyl (C=O) groups is 4. The van der Waals surface area contributed by atoms with Gasteiger partial charge in [0.15, 0.2) is 0 Å². The molecular formula is C28H20N2O5S. The van der Waals surface area contributed by atoms with Gasteiger partial charge in [-0.05, 0) is 61.4 Å². The maximum Gasteiger partial charge on any atom is 0.266 e. The van der Waals surface area contributed by atoms with Gasteiger partial charge in [0.2, 0.25) is 0 Å².